The number of halogens is 1. The van der Waals surface area contributed by atoms with Gasteiger partial charge in [0.2, 0.25) is 0 Å². The van der Waals surface area contributed by atoms with E-state index in [9.17, 15) is 0 Å². The lowest BCUT2D eigenvalue weighted by Crippen LogP contribution is -2.22. The number of benzene rings is 1. The summed E-state index contributed by atoms with van der Waals surface area (Å²) in [6.45, 7) is 8.40. The Morgan fingerprint density at radius 2 is 2.15 bits per heavy atom. The van der Waals surface area contributed by atoms with E-state index in [4.69, 9.17) is 4.42 Å². The van der Waals surface area contributed by atoms with Gasteiger partial charge in [-0.1, -0.05) is 35.8 Å². The summed E-state index contributed by atoms with van der Waals surface area (Å²) in [4.78, 5) is 4.34. The fraction of sp³-hybridized carbons (Fsp3) is 0.438. The van der Waals surface area contributed by atoms with Crippen LogP contribution in [0.15, 0.2) is 33.3 Å². The number of rotatable bonds is 6. The lowest BCUT2D eigenvalue weighted by atomic mass is 10.1. The molecular weight excluding hydrogens is 316 g/mol. The lowest BCUT2D eigenvalue weighted by molar-refractivity contribution is 0.483. The first-order chi connectivity index (χ1) is 9.56. The Bertz CT molecular complexity index is 563. The summed E-state index contributed by atoms with van der Waals surface area (Å²) in [5, 5.41) is 3.39. The number of hydrogen-bond acceptors (Lipinski definition) is 3. The molecule has 4 heteroatoms. The Morgan fingerprint density at radius 3 is 2.85 bits per heavy atom. The predicted molar refractivity (Wildman–Crippen MR) is 85.8 cm³/mol. The topological polar surface area (TPSA) is 38.1 Å². The van der Waals surface area contributed by atoms with Gasteiger partial charge in [0.1, 0.15) is 0 Å². The minimum atomic E-state index is 0.667. The molecule has 0 fully saturated rings. The van der Waals surface area contributed by atoms with Gasteiger partial charge in [-0.2, -0.15) is 0 Å². The van der Waals surface area contributed by atoms with E-state index in [-0.39, 0.29) is 0 Å². The Morgan fingerprint density at radius 1 is 1.35 bits per heavy atom. The van der Waals surface area contributed by atoms with Gasteiger partial charge in [-0.05, 0) is 37.1 Å². The van der Waals surface area contributed by atoms with Gasteiger partial charge in [0, 0.05) is 23.0 Å². The Balaban J connectivity index is 1.96. The molecule has 0 saturated carbocycles. The van der Waals surface area contributed by atoms with E-state index in [1.807, 2.05) is 12.1 Å². The molecule has 0 aliphatic carbocycles. The second-order valence-corrected chi connectivity index (χ2v) is 6.28. The van der Waals surface area contributed by atoms with Crippen molar-refractivity contribution in [2.45, 2.75) is 27.2 Å². The van der Waals surface area contributed by atoms with Crippen molar-refractivity contribution in [3.63, 3.8) is 0 Å². The maximum atomic E-state index is 5.81. The van der Waals surface area contributed by atoms with E-state index in [2.05, 4.69) is 53.1 Å². The van der Waals surface area contributed by atoms with Crippen molar-refractivity contribution in [3.05, 3.63) is 40.3 Å². The van der Waals surface area contributed by atoms with Crippen molar-refractivity contribution in [3.8, 4) is 11.3 Å². The van der Waals surface area contributed by atoms with Crippen LogP contribution in [0.2, 0.25) is 0 Å². The van der Waals surface area contributed by atoms with E-state index >= 15 is 0 Å². The zero-order valence-electron chi connectivity index (χ0n) is 12.2. The summed E-state index contributed by atoms with van der Waals surface area (Å²) in [6.07, 6.45) is 2.63. The number of nitrogens with one attached hydrogen (secondary N) is 1. The molecule has 1 heterocycles. The zero-order valence-corrected chi connectivity index (χ0v) is 13.8. The van der Waals surface area contributed by atoms with E-state index in [0.29, 0.717) is 5.92 Å². The third-order valence-electron chi connectivity index (χ3n) is 3.06. The standard InChI is InChI=1S/C16H21BrN2O/c1-11(2)9-18-7-6-16-19-10-15(20-16)13-4-5-14(17)12(3)8-13/h4-5,8,10-11,18H,6-7,9H2,1-3H3. The molecule has 0 spiro atoms. The smallest absolute Gasteiger partial charge is 0.196 e. The quantitative estimate of drug-likeness (QED) is 0.803. The van der Waals surface area contributed by atoms with Crippen LogP contribution in [-0.2, 0) is 6.42 Å². The highest BCUT2D eigenvalue weighted by atomic mass is 79.9. The first-order valence-electron chi connectivity index (χ1n) is 6.98. The highest BCUT2D eigenvalue weighted by Crippen LogP contribution is 2.25. The normalized spacial score (nSPS) is 11.2. The molecule has 0 unspecified atom stereocenters. The summed E-state index contributed by atoms with van der Waals surface area (Å²) in [5.41, 5.74) is 2.26. The molecule has 0 amide bonds. The summed E-state index contributed by atoms with van der Waals surface area (Å²) in [6, 6.07) is 6.18. The van der Waals surface area contributed by atoms with Crippen LogP contribution in [0.3, 0.4) is 0 Å². The van der Waals surface area contributed by atoms with Gasteiger partial charge in [0.25, 0.3) is 0 Å². The molecule has 108 valence electrons. The summed E-state index contributed by atoms with van der Waals surface area (Å²) in [7, 11) is 0. The zero-order chi connectivity index (χ0) is 14.5. The molecule has 1 aromatic carbocycles. The molecule has 2 aromatic rings. The van der Waals surface area contributed by atoms with Gasteiger partial charge < -0.3 is 9.73 Å². The van der Waals surface area contributed by atoms with Gasteiger partial charge in [-0.3, -0.25) is 0 Å². The van der Waals surface area contributed by atoms with Crippen LogP contribution in [0.5, 0.6) is 0 Å². The fourth-order valence-corrected chi connectivity index (χ4v) is 2.19. The number of aryl methyl sites for hydroxylation is 1. The van der Waals surface area contributed by atoms with E-state index in [0.717, 1.165) is 41.2 Å². The number of oxazole rings is 1. The van der Waals surface area contributed by atoms with Crippen LogP contribution in [0.25, 0.3) is 11.3 Å². The minimum Gasteiger partial charge on any atom is -0.441 e. The van der Waals surface area contributed by atoms with Crippen LogP contribution >= 0.6 is 15.9 Å². The highest BCUT2D eigenvalue weighted by Gasteiger charge is 2.07. The first kappa shape index (κ1) is 15.3. The maximum Gasteiger partial charge on any atom is 0.196 e. The third-order valence-corrected chi connectivity index (χ3v) is 3.95. The molecule has 20 heavy (non-hydrogen) atoms. The van der Waals surface area contributed by atoms with Crippen molar-refractivity contribution in [2.24, 2.45) is 5.92 Å². The summed E-state index contributed by atoms with van der Waals surface area (Å²) >= 11 is 3.51. The van der Waals surface area contributed by atoms with E-state index < -0.39 is 0 Å². The van der Waals surface area contributed by atoms with Gasteiger partial charge in [-0.15, -0.1) is 0 Å². The fourth-order valence-electron chi connectivity index (χ4n) is 1.94. The monoisotopic (exact) mass is 336 g/mol. The van der Waals surface area contributed by atoms with Crippen molar-refractivity contribution in [1.82, 2.24) is 10.3 Å². The van der Waals surface area contributed by atoms with Gasteiger partial charge in [0.15, 0.2) is 11.7 Å². The molecule has 3 nitrogen and oxygen atoms in total. The Labute approximate surface area is 128 Å². The molecular formula is C16H21BrN2O. The predicted octanol–water partition coefficient (Wildman–Crippen LogP) is 4.20. The SMILES string of the molecule is Cc1cc(-c2cnc(CCNCC(C)C)o2)ccc1Br. The van der Waals surface area contributed by atoms with Gasteiger partial charge in [0.05, 0.1) is 6.20 Å². The first-order valence-corrected chi connectivity index (χ1v) is 7.77. The Hall–Kier alpha value is -1.13. The highest BCUT2D eigenvalue weighted by molar-refractivity contribution is 9.10. The van der Waals surface area contributed by atoms with Gasteiger partial charge in [-0.25, -0.2) is 4.98 Å². The van der Waals surface area contributed by atoms with E-state index in [1.165, 1.54) is 5.56 Å². The number of nitrogens with zero attached hydrogens (tertiary/aromatic N) is 1. The lowest BCUT2D eigenvalue weighted by Gasteiger charge is -2.05. The van der Waals surface area contributed by atoms with Crippen LogP contribution in [0.1, 0.15) is 25.3 Å². The number of hydrogen-bond donors (Lipinski definition) is 1. The second kappa shape index (κ2) is 7.04. The second-order valence-electron chi connectivity index (χ2n) is 5.43. The van der Waals surface area contributed by atoms with E-state index in [1.54, 1.807) is 6.20 Å². The molecule has 0 aliphatic heterocycles. The van der Waals surface area contributed by atoms with Crippen molar-refractivity contribution >= 4 is 15.9 Å². The summed E-state index contributed by atoms with van der Waals surface area (Å²) in [5.74, 6) is 2.29. The Kier molecular flexibility index (Phi) is 5.38. The average Bonchev–Trinajstić information content (AvgIpc) is 2.86. The van der Waals surface area contributed by atoms with Crippen LogP contribution in [0, 0.1) is 12.8 Å². The molecule has 1 N–H and O–H groups in total. The maximum absolute atomic E-state index is 5.81. The molecule has 0 bridgehead atoms. The van der Waals surface area contributed by atoms with Crippen LogP contribution < -0.4 is 5.32 Å². The molecule has 0 aliphatic rings. The summed E-state index contributed by atoms with van der Waals surface area (Å²) < 4.78 is 6.92. The largest absolute Gasteiger partial charge is 0.441 e. The molecule has 2 rings (SSSR count). The van der Waals surface area contributed by atoms with Crippen molar-refractivity contribution in [1.29, 1.82) is 0 Å². The molecule has 0 atom stereocenters. The van der Waals surface area contributed by atoms with Crippen molar-refractivity contribution in [2.75, 3.05) is 13.1 Å². The number of aromatic nitrogens is 1. The average molecular weight is 337 g/mol. The third kappa shape index (κ3) is 4.18. The minimum absolute atomic E-state index is 0.667. The van der Waals surface area contributed by atoms with Gasteiger partial charge >= 0.3 is 0 Å². The molecule has 1 aromatic heterocycles. The van der Waals surface area contributed by atoms with Crippen LogP contribution in [0.4, 0.5) is 0 Å². The molecule has 0 saturated heterocycles. The van der Waals surface area contributed by atoms with Crippen molar-refractivity contribution < 1.29 is 4.42 Å². The molecule has 0 radical (unpaired) electrons. The van der Waals surface area contributed by atoms with Crippen LogP contribution in [-0.4, -0.2) is 18.1 Å².